The van der Waals surface area contributed by atoms with E-state index in [1.165, 1.54) is 9.45 Å². The molecule has 0 aromatic carbocycles. The first-order chi connectivity index (χ1) is 2.41. The number of hydrogen-bond donors (Lipinski definition) is 0. The molecule has 0 bridgehead atoms. The average molecular weight is 239 g/mol. The van der Waals surface area contributed by atoms with E-state index in [4.69, 9.17) is 0 Å². The molecule has 0 aromatic rings. The Labute approximate surface area is 96.2 Å². The van der Waals surface area contributed by atoms with Crippen LogP contribution in [-0.2, 0) is 19.2 Å². The van der Waals surface area contributed by atoms with Crippen LogP contribution in [0.25, 0.3) is 0 Å². The monoisotopic (exact) mass is 238 g/mol. The second-order valence-corrected chi connectivity index (χ2v) is 3.95. The minimum Gasteiger partial charge on any atom is -1.00 e. The van der Waals surface area contributed by atoms with E-state index in [2.05, 4.69) is 13.8 Å². The smallest absolute Gasteiger partial charge is 0 e. The van der Waals surface area contributed by atoms with E-state index >= 15 is 0 Å². The summed E-state index contributed by atoms with van der Waals surface area (Å²) in [5.41, 5.74) is 0. The van der Waals surface area contributed by atoms with Crippen LogP contribution in [-0.4, -0.2) is 17.4 Å². The summed E-state index contributed by atoms with van der Waals surface area (Å²) in [5.74, 6) is 0. The summed E-state index contributed by atoms with van der Waals surface area (Å²) in [4.78, 5) is 0. The Morgan fingerprint density at radius 2 is 1.11 bits per heavy atom. The SMILES string of the molecule is C[CH2][Ti+3][CH2]C.[Al].[Cl-].[Cl-].[Cl-]. The van der Waals surface area contributed by atoms with Gasteiger partial charge in [-0.15, -0.1) is 0 Å². The molecule has 0 unspecified atom stereocenters. The van der Waals surface area contributed by atoms with E-state index in [-0.39, 0.29) is 54.6 Å². The normalized spacial score (nSPS) is 3.78. The molecule has 0 rings (SSSR count). The summed E-state index contributed by atoms with van der Waals surface area (Å²) < 4.78 is 2.94. The molecule has 0 aliphatic carbocycles. The zero-order valence-corrected chi connectivity index (χ0v) is 10.6. The molecule has 54 valence electrons. The van der Waals surface area contributed by atoms with Crippen molar-refractivity contribution in [2.75, 3.05) is 0 Å². The van der Waals surface area contributed by atoms with Crippen molar-refractivity contribution in [2.24, 2.45) is 0 Å². The predicted molar refractivity (Wildman–Crippen MR) is 26.7 cm³/mol. The Morgan fingerprint density at radius 1 is 0.889 bits per heavy atom. The third-order valence-electron chi connectivity index (χ3n) is 0.500. The first kappa shape index (κ1) is 30.4. The third kappa shape index (κ3) is 39.3. The van der Waals surface area contributed by atoms with Crippen LogP contribution < -0.4 is 37.2 Å². The van der Waals surface area contributed by atoms with E-state index in [0.29, 0.717) is 19.2 Å². The van der Waals surface area contributed by atoms with Crippen LogP contribution in [0, 0.1) is 0 Å². The Kier molecular flexibility index (Phi) is 109. The largest absolute Gasteiger partial charge is 1.00 e. The number of rotatable bonds is 2. The van der Waals surface area contributed by atoms with Crippen LogP contribution in [0.4, 0.5) is 0 Å². The topological polar surface area (TPSA) is 0 Å². The Morgan fingerprint density at radius 3 is 1.11 bits per heavy atom. The fourth-order valence-corrected chi connectivity index (χ4v) is 1.03. The molecule has 0 heterocycles. The zero-order chi connectivity index (χ0) is 4.12. The van der Waals surface area contributed by atoms with Crippen LogP contribution in [0.5, 0.6) is 0 Å². The molecule has 0 nitrogen and oxygen atoms in total. The van der Waals surface area contributed by atoms with E-state index in [1.54, 1.807) is 0 Å². The maximum atomic E-state index is 2.27. The molecule has 0 saturated carbocycles. The average Bonchev–Trinajstić information content (AvgIpc) is 1.41. The fraction of sp³-hybridized carbons (Fsp3) is 1.00. The molecular formula is C4H10AlCl3Ti. The van der Waals surface area contributed by atoms with Gasteiger partial charge in [-0.3, -0.25) is 0 Å². The summed E-state index contributed by atoms with van der Waals surface area (Å²) >= 11 is 0.528. The van der Waals surface area contributed by atoms with Gasteiger partial charge in [0.15, 0.2) is 0 Å². The van der Waals surface area contributed by atoms with Crippen LogP contribution in [0.15, 0.2) is 0 Å². The summed E-state index contributed by atoms with van der Waals surface area (Å²) in [6, 6.07) is 0. The maximum absolute atomic E-state index is 2.27. The third-order valence-corrected chi connectivity index (χ3v) is 2.06. The van der Waals surface area contributed by atoms with Gasteiger partial charge in [0.2, 0.25) is 0 Å². The predicted octanol–water partition coefficient (Wildman–Crippen LogP) is -7.42. The molecule has 0 aliphatic heterocycles. The minimum atomic E-state index is 0. The summed E-state index contributed by atoms with van der Waals surface area (Å²) in [5, 5.41) is 0. The molecule has 5 heteroatoms. The number of halogens is 3. The Bertz CT molecular complexity index is 23.3. The van der Waals surface area contributed by atoms with Gasteiger partial charge in [-0.25, -0.2) is 0 Å². The number of hydrogen-bond acceptors (Lipinski definition) is 0. The van der Waals surface area contributed by atoms with Gasteiger partial charge < -0.3 is 37.2 Å². The second kappa shape index (κ2) is 32.1. The first-order valence-corrected chi connectivity index (χ1v) is 4.33. The van der Waals surface area contributed by atoms with Crippen molar-refractivity contribution >= 4 is 17.4 Å². The van der Waals surface area contributed by atoms with Gasteiger partial charge in [-0.1, -0.05) is 0 Å². The molecule has 0 amide bonds. The van der Waals surface area contributed by atoms with Gasteiger partial charge in [0.05, 0.1) is 0 Å². The van der Waals surface area contributed by atoms with Crippen molar-refractivity contribution in [1.82, 2.24) is 0 Å². The van der Waals surface area contributed by atoms with Gasteiger partial charge in [0, 0.05) is 17.4 Å². The van der Waals surface area contributed by atoms with E-state index < -0.39 is 0 Å². The van der Waals surface area contributed by atoms with Crippen molar-refractivity contribution in [2.45, 2.75) is 23.3 Å². The van der Waals surface area contributed by atoms with Crippen LogP contribution in [0.1, 0.15) is 13.8 Å². The van der Waals surface area contributed by atoms with Crippen molar-refractivity contribution in [3.63, 3.8) is 0 Å². The van der Waals surface area contributed by atoms with Crippen LogP contribution in [0.3, 0.4) is 0 Å². The molecule has 0 saturated heterocycles. The molecule has 0 fully saturated rings. The molecule has 0 N–H and O–H groups in total. The quantitative estimate of drug-likeness (QED) is 0.420. The molecular weight excluding hydrogens is 229 g/mol. The van der Waals surface area contributed by atoms with Crippen molar-refractivity contribution in [3.8, 4) is 0 Å². The minimum absolute atomic E-state index is 0. The van der Waals surface area contributed by atoms with Gasteiger partial charge in [0.1, 0.15) is 0 Å². The summed E-state index contributed by atoms with van der Waals surface area (Å²) in [6.45, 7) is 4.53. The van der Waals surface area contributed by atoms with E-state index in [1.807, 2.05) is 0 Å². The molecule has 0 atom stereocenters. The molecule has 0 aromatic heterocycles. The van der Waals surface area contributed by atoms with Gasteiger partial charge >= 0.3 is 42.5 Å². The molecule has 0 aliphatic rings. The Balaban J connectivity index is -0.0000000133. The summed E-state index contributed by atoms with van der Waals surface area (Å²) in [7, 11) is 0. The Hall–Kier alpha value is 2.12. The van der Waals surface area contributed by atoms with E-state index in [0.717, 1.165) is 0 Å². The van der Waals surface area contributed by atoms with Crippen molar-refractivity contribution < 1.29 is 56.4 Å². The maximum Gasteiger partial charge on any atom is 0 e. The summed E-state index contributed by atoms with van der Waals surface area (Å²) in [6.07, 6.45) is 0. The van der Waals surface area contributed by atoms with E-state index in [9.17, 15) is 0 Å². The zero-order valence-electron chi connectivity index (χ0n) is 5.63. The second-order valence-electron chi connectivity index (χ2n) is 0.957. The standard InChI is InChI=1S/2C2H5.Al.3ClH.Ti/c2*1-2;;;;;/h2*1H2,2H3;;3*1H;/q;;;;;;+3/p-3. The fourth-order valence-electron chi connectivity index (χ4n) is 0.250. The van der Waals surface area contributed by atoms with Crippen molar-refractivity contribution in [1.29, 1.82) is 0 Å². The molecule has 0 spiro atoms. The van der Waals surface area contributed by atoms with Gasteiger partial charge in [-0.2, -0.15) is 0 Å². The molecule has 3 radical (unpaired) electrons. The first-order valence-electron chi connectivity index (χ1n) is 2.12. The van der Waals surface area contributed by atoms with Crippen LogP contribution in [0.2, 0.25) is 9.45 Å². The molecule has 9 heavy (non-hydrogen) atoms. The van der Waals surface area contributed by atoms with Gasteiger partial charge in [0.25, 0.3) is 0 Å². The van der Waals surface area contributed by atoms with Crippen LogP contribution >= 0.6 is 0 Å². The van der Waals surface area contributed by atoms with Crippen molar-refractivity contribution in [3.05, 3.63) is 0 Å². The van der Waals surface area contributed by atoms with Gasteiger partial charge in [-0.05, 0) is 0 Å².